The number of nitrogens with zero attached hydrogens (tertiary/aromatic N) is 5. The zero-order valence-electron chi connectivity index (χ0n) is 22.6. The summed E-state index contributed by atoms with van der Waals surface area (Å²) in [7, 11) is -3.57. The maximum absolute atomic E-state index is 12.6. The van der Waals surface area contributed by atoms with Crippen molar-refractivity contribution in [2.75, 3.05) is 37.7 Å². The SMILES string of the molecule is N#CN=C(N)N(CCCCCCCC(CCC1(S(N)(=O)=O)CCCCC1)N1CCOCC1)c1ccncc1. The van der Waals surface area contributed by atoms with Crippen molar-refractivity contribution in [1.29, 1.82) is 5.26 Å². The number of aromatic nitrogens is 1. The first-order valence-corrected chi connectivity index (χ1v) is 15.6. The van der Waals surface area contributed by atoms with Crippen LogP contribution in [0.3, 0.4) is 0 Å². The van der Waals surface area contributed by atoms with E-state index in [0.29, 0.717) is 31.8 Å². The minimum atomic E-state index is -3.57. The fraction of sp³-hybridized carbons (Fsp3) is 0.741. The maximum Gasteiger partial charge on any atom is 0.214 e. The Bertz CT molecular complexity index is 1000. The highest BCUT2D eigenvalue weighted by molar-refractivity contribution is 7.90. The monoisotopic (exact) mass is 547 g/mol. The molecule has 2 fully saturated rings. The molecule has 4 N–H and O–H groups in total. The zero-order valence-corrected chi connectivity index (χ0v) is 23.5. The van der Waals surface area contributed by atoms with Crippen molar-refractivity contribution in [2.45, 2.75) is 94.3 Å². The molecule has 1 saturated heterocycles. The minimum Gasteiger partial charge on any atom is -0.379 e. The summed E-state index contributed by atoms with van der Waals surface area (Å²) in [6, 6.07) is 4.08. The summed E-state index contributed by atoms with van der Waals surface area (Å²) >= 11 is 0. The summed E-state index contributed by atoms with van der Waals surface area (Å²) in [5.41, 5.74) is 6.89. The number of sulfonamides is 1. The molecule has 1 unspecified atom stereocenters. The van der Waals surface area contributed by atoms with Crippen molar-refractivity contribution in [3.8, 4) is 6.19 Å². The zero-order chi connectivity index (χ0) is 27.3. The summed E-state index contributed by atoms with van der Waals surface area (Å²) in [5, 5.41) is 14.7. The number of nitrogens with two attached hydrogens (primary N) is 2. The van der Waals surface area contributed by atoms with E-state index in [0.717, 1.165) is 96.2 Å². The van der Waals surface area contributed by atoms with E-state index in [9.17, 15) is 8.42 Å². The Kier molecular flexibility index (Phi) is 12.2. The average Bonchev–Trinajstić information content (AvgIpc) is 2.93. The lowest BCUT2D eigenvalue weighted by atomic mass is 9.83. The summed E-state index contributed by atoms with van der Waals surface area (Å²) < 4.78 is 30.0. The van der Waals surface area contributed by atoms with Crippen LogP contribution in [0.15, 0.2) is 29.5 Å². The third kappa shape index (κ3) is 8.90. The number of primary sulfonamides is 1. The quantitative estimate of drug-likeness (QED) is 0.155. The van der Waals surface area contributed by atoms with Gasteiger partial charge in [-0.3, -0.25) is 9.88 Å². The summed E-state index contributed by atoms with van der Waals surface area (Å²) in [6.45, 7) is 3.98. The molecule has 1 saturated carbocycles. The van der Waals surface area contributed by atoms with Crippen molar-refractivity contribution < 1.29 is 13.2 Å². The Balaban J connectivity index is 1.46. The lowest BCUT2D eigenvalue weighted by Gasteiger charge is -2.39. The van der Waals surface area contributed by atoms with Crippen LogP contribution >= 0.6 is 0 Å². The molecule has 1 aromatic rings. The van der Waals surface area contributed by atoms with E-state index in [2.05, 4.69) is 14.9 Å². The van der Waals surface area contributed by atoms with Gasteiger partial charge in [-0.1, -0.05) is 44.9 Å². The van der Waals surface area contributed by atoms with E-state index in [-0.39, 0.29) is 5.96 Å². The molecule has 1 atom stereocenters. The van der Waals surface area contributed by atoms with Crippen LogP contribution in [0.5, 0.6) is 0 Å². The molecule has 38 heavy (non-hydrogen) atoms. The number of hydrogen-bond donors (Lipinski definition) is 2. The second kappa shape index (κ2) is 15.4. The number of aliphatic imine (C=N–C) groups is 1. The lowest BCUT2D eigenvalue weighted by Crippen LogP contribution is -2.48. The van der Waals surface area contributed by atoms with Gasteiger partial charge in [-0.2, -0.15) is 5.26 Å². The highest BCUT2D eigenvalue weighted by atomic mass is 32.2. The van der Waals surface area contributed by atoms with Crippen molar-refractivity contribution in [2.24, 2.45) is 15.9 Å². The molecule has 0 radical (unpaired) electrons. The first-order chi connectivity index (χ1) is 18.4. The van der Waals surface area contributed by atoms with Crippen LogP contribution in [0.1, 0.15) is 83.5 Å². The Hall–Kier alpha value is -2.26. The molecule has 1 aromatic heterocycles. The van der Waals surface area contributed by atoms with E-state index < -0.39 is 14.8 Å². The van der Waals surface area contributed by atoms with Crippen LogP contribution in [0.2, 0.25) is 0 Å². The van der Waals surface area contributed by atoms with Gasteiger partial charge in [0.2, 0.25) is 22.2 Å². The summed E-state index contributed by atoms with van der Waals surface area (Å²) in [5.74, 6) is 0.197. The van der Waals surface area contributed by atoms with Gasteiger partial charge in [0.25, 0.3) is 0 Å². The van der Waals surface area contributed by atoms with Gasteiger partial charge >= 0.3 is 0 Å². The van der Waals surface area contributed by atoms with Crippen LogP contribution in [0.25, 0.3) is 0 Å². The first kappa shape index (κ1) is 30.3. The van der Waals surface area contributed by atoms with Gasteiger partial charge in [0.1, 0.15) is 0 Å². The predicted octanol–water partition coefficient (Wildman–Crippen LogP) is 3.50. The van der Waals surface area contributed by atoms with Crippen LogP contribution in [0, 0.1) is 11.5 Å². The second-order valence-electron chi connectivity index (χ2n) is 10.6. The van der Waals surface area contributed by atoms with E-state index in [1.54, 1.807) is 18.6 Å². The van der Waals surface area contributed by atoms with Crippen LogP contribution in [-0.2, 0) is 14.8 Å². The van der Waals surface area contributed by atoms with E-state index in [1.165, 1.54) is 0 Å². The molecule has 1 aliphatic heterocycles. The Labute approximate surface area is 228 Å². The van der Waals surface area contributed by atoms with Crippen LogP contribution in [-0.4, -0.2) is 67.9 Å². The number of pyridine rings is 1. The number of morpholine rings is 1. The Morgan fingerprint density at radius 3 is 2.42 bits per heavy atom. The molecule has 0 spiro atoms. The third-order valence-electron chi connectivity index (χ3n) is 8.20. The first-order valence-electron chi connectivity index (χ1n) is 14.1. The van der Waals surface area contributed by atoms with Crippen molar-refractivity contribution in [1.82, 2.24) is 9.88 Å². The molecular weight excluding hydrogens is 502 g/mol. The molecule has 2 heterocycles. The van der Waals surface area contributed by atoms with Crippen molar-refractivity contribution in [3.63, 3.8) is 0 Å². The standard InChI is InChI=1S/C27H45N7O3S/c28-23-32-26(29)34(25-11-16-31-17-12-25)18-8-3-1-2-5-9-24(33-19-21-37-22-20-33)10-15-27(38(30,35)36)13-6-4-7-14-27/h11-12,16-17,24H,1-10,13-15,18-22H2,(H2,29,32)(H2,30,35,36). The number of hydrogen-bond acceptors (Lipinski definition) is 7. The third-order valence-corrected chi connectivity index (χ3v) is 10.0. The highest BCUT2D eigenvalue weighted by Gasteiger charge is 2.42. The van der Waals surface area contributed by atoms with Gasteiger partial charge in [-0.05, 0) is 50.7 Å². The number of unbranched alkanes of at least 4 members (excludes halogenated alkanes) is 4. The Morgan fingerprint density at radius 1 is 1.11 bits per heavy atom. The molecule has 2 aliphatic rings. The average molecular weight is 548 g/mol. The van der Waals surface area contributed by atoms with E-state index in [1.807, 2.05) is 17.0 Å². The molecule has 10 nitrogen and oxygen atoms in total. The smallest absolute Gasteiger partial charge is 0.214 e. The number of guanidine groups is 1. The number of ether oxygens (including phenoxy) is 1. The highest BCUT2D eigenvalue weighted by Crippen LogP contribution is 2.38. The minimum absolute atomic E-state index is 0.197. The van der Waals surface area contributed by atoms with Crippen LogP contribution < -0.4 is 15.8 Å². The fourth-order valence-corrected chi connectivity index (χ4v) is 7.21. The Morgan fingerprint density at radius 2 is 1.76 bits per heavy atom. The van der Waals surface area contributed by atoms with Gasteiger partial charge in [-0.15, -0.1) is 4.99 Å². The number of nitriles is 1. The molecule has 0 bridgehead atoms. The summed E-state index contributed by atoms with van der Waals surface area (Å²) in [4.78, 5) is 12.1. The van der Waals surface area contributed by atoms with Crippen molar-refractivity contribution in [3.05, 3.63) is 24.5 Å². The van der Waals surface area contributed by atoms with Gasteiger partial charge < -0.3 is 15.4 Å². The van der Waals surface area contributed by atoms with Gasteiger partial charge in [0, 0.05) is 43.8 Å². The molecule has 11 heteroatoms. The van der Waals surface area contributed by atoms with E-state index in [4.69, 9.17) is 20.9 Å². The molecule has 3 rings (SSSR count). The van der Waals surface area contributed by atoms with Gasteiger partial charge in [0.15, 0.2) is 0 Å². The normalized spacial score (nSPS) is 19.5. The van der Waals surface area contributed by atoms with Gasteiger partial charge in [0.05, 0.1) is 18.0 Å². The molecule has 1 aliphatic carbocycles. The number of rotatable bonds is 14. The fourth-order valence-electron chi connectivity index (χ4n) is 5.95. The molecule has 0 aromatic carbocycles. The molecular formula is C27H45N7O3S. The van der Waals surface area contributed by atoms with Crippen LogP contribution in [0.4, 0.5) is 5.69 Å². The topological polar surface area (TPSA) is 151 Å². The second-order valence-corrected chi connectivity index (χ2v) is 12.6. The molecule has 212 valence electrons. The molecule has 0 amide bonds. The van der Waals surface area contributed by atoms with Crippen molar-refractivity contribution >= 4 is 21.7 Å². The van der Waals surface area contributed by atoms with E-state index >= 15 is 0 Å². The predicted molar refractivity (Wildman–Crippen MR) is 151 cm³/mol. The number of anilines is 1. The largest absolute Gasteiger partial charge is 0.379 e. The van der Waals surface area contributed by atoms with Gasteiger partial charge in [-0.25, -0.2) is 13.6 Å². The lowest BCUT2D eigenvalue weighted by molar-refractivity contribution is 0.0110. The maximum atomic E-state index is 12.6. The summed E-state index contributed by atoms with van der Waals surface area (Å²) in [6.07, 6.45) is 17.5.